The number of methoxy groups -OCH3 is 1. The Bertz CT molecular complexity index is 1080. The van der Waals surface area contributed by atoms with Gasteiger partial charge in [-0.3, -0.25) is 0 Å². The lowest BCUT2D eigenvalue weighted by atomic mass is 10.0. The van der Waals surface area contributed by atoms with Gasteiger partial charge < -0.3 is 24.1 Å². The number of carboxylic acid groups (broad SMARTS) is 1. The zero-order valence-corrected chi connectivity index (χ0v) is 16.9. The molecule has 30 heavy (non-hydrogen) atoms. The highest BCUT2D eigenvalue weighted by Gasteiger charge is 2.10. The van der Waals surface area contributed by atoms with Crippen molar-refractivity contribution in [1.82, 2.24) is 0 Å². The van der Waals surface area contributed by atoms with Gasteiger partial charge in [-0.05, 0) is 67.3 Å². The molecule has 0 atom stereocenters. The van der Waals surface area contributed by atoms with Crippen molar-refractivity contribution >= 4 is 17.1 Å². The van der Waals surface area contributed by atoms with Crippen molar-refractivity contribution in [3.8, 4) is 17.2 Å². The summed E-state index contributed by atoms with van der Waals surface area (Å²) in [5.41, 5.74) is 3.69. The molecular weight excluding hydrogens is 384 g/mol. The van der Waals surface area contributed by atoms with Crippen LogP contribution in [0.3, 0.4) is 0 Å². The summed E-state index contributed by atoms with van der Waals surface area (Å²) < 4.78 is 15.5. The third-order valence-electron chi connectivity index (χ3n) is 4.59. The Balaban J connectivity index is 0.000000234. The molecule has 0 fully saturated rings. The molecule has 0 aliphatic heterocycles. The number of ether oxygens (including phenoxy) is 2. The second-order valence-electron chi connectivity index (χ2n) is 6.65. The van der Waals surface area contributed by atoms with Crippen molar-refractivity contribution in [2.75, 3.05) is 13.7 Å². The summed E-state index contributed by atoms with van der Waals surface area (Å²) >= 11 is 0. The van der Waals surface area contributed by atoms with Crippen LogP contribution in [0.15, 0.2) is 65.1 Å². The molecule has 0 saturated carbocycles. The number of carboxylic acids is 1. The molecule has 2 N–H and O–H groups in total. The van der Waals surface area contributed by atoms with Crippen LogP contribution in [0, 0.1) is 0 Å². The minimum Gasteiger partial charge on any atom is -0.507 e. The fourth-order valence-corrected chi connectivity index (χ4v) is 3.04. The summed E-state index contributed by atoms with van der Waals surface area (Å²) in [6.07, 6.45) is 1.52. The van der Waals surface area contributed by atoms with E-state index in [1.165, 1.54) is 12.1 Å². The third kappa shape index (κ3) is 5.23. The Morgan fingerprint density at radius 2 is 1.67 bits per heavy atom. The number of carbonyl (C=O) groups is 1. The van der Waals surface area contributed by atoms with E-state index in [0.717, 1.165) is 40.2 Å². The van der Waals surface area contributed by atoms with Gasteiger partial charge in [-0.25, -0.2) is 4.79 Å². The zero-order valence-electron chi connectivity index (χ0n) is 16.9. The lowest BCUT2D eigenvalue weighted by Gasteiger charge is -2.07. The number of hydrogen-bond donors (Lipinski definition) is 2. The van der Waals surface area contributed by atoms with Crippen LogP contribution in [0.5, 0.6) is 17.2 Å². The van der Waals surface area contributed by atoms with Crippen LogP contribution in [0.1, 0.15) is 28.4 Å². The molecule has 2 aromatic heterocycles. The molecule has 0 radical (unpaired) electrons. The predicted molar refractivity (Wildman–Crippen MR) is 114 cm³/mol. The van der Waals surface area contributed by atoms with Gasteiger partial charge in [0.1, 0.15) is 22.6 Å². The third-order valence-corrected chi connectivity index (χ3v) is 4.59. The molecule has 0 aliphatic rings. The molecule has 6 heteroatoms. The predicted octanol–water partition coefficient (Wildman–Crippen LogP) is 5.15. The molecule has 0 unspecified atom stereocenters. The Kier molecular flexibility index (Phi) is 6.80. The number of aryl methyl sites for hydroxylation is 2. The van der Waals surface area contributed by atoms with Crippen molar-refractivity contribution in [2.24, 2.45) is 0 Å². The molecule has 0 aliphatic carbocycles. The minimum absolute atomic E-state index is 0.0563. The first kappa shape index (κ1) is 21.0. The number of rotatable bonds is 7. The van der Waals surface area contributed by atoms with Gasteiger partial charge in [0.05, 0.1) is 13.7 Å². The molecule has 156 valence electrons. The average molecular weight is 408 g/mol. The van der Waals surface area contributed by atoms with E-state index < -0.39 is 5.97 Å². The number of phenols is 1. The summed E-state index contributed by atoms with van der Waals surface area (Å²) in [6, 6.07) is 18.2. The van der Waals surface area contributed by atoms with Gasteiger partial charge in [0.15, 0.2) is 11.3 Å². The van der Waals surface area contributed by atoms with Crippen LogP contribution >= 0.6 is 0 Å². The first-order chi connectivity index (χ1) is 14.5. The summed E-state index contributed by atoms with van der Waals surface area (Å²) in [4.78, 5) is 11.0. The topological polar surface area (TPSA) is 89.1 Å². The van der Waals surface area contributed by atoms with E-state index in [-0.39, 0.29) is 11.3 Å². The van der Waals surface area contributed by atoms with Crippen molar-refractivity contribution in [3.05, 3.63) is 77.4 Å². The van der Waals surface area contributed by atoms with Crippen LogP contribution in [0.4, 0.5) is 0 Å². The van der Waals surface area contributed by atoms with Crippen LogP contribution < -0.4 is 9.47 Å². The second kappa shape index (κ2) is 9.69. The monoisotopic (exact) mass is 408 g/mol. The number of hydrogen-bond acceptors (Lipinski definition) is 5. The smallest absolute Gasteiger partial charge is 0.339 e. The average Bonchev–Trinajstić information content (AvgIpc) is 3.38. The summed E-state index contributed by atoms with van der Waals surface area (Å²) in [7, 11) is 1.64. The largest absolute Gasteiger partial charge is 0.507 e. The van der Waals surface area contributed by atoms with E-state index >= 15 is 0 Å². The summed E-state index contributed by atoms with van der Waals surface area (Å²) in [6.45, 7) is 2.59. The first-order valence-corrected chi connectivity index (χ1v) is 9.63. The van der Waals surface area contributed by atoms with Gasteiger partial charge in [-0.15, -0.1) is 0 Å². The van der Waals surface area contributed by atoms with Crippen LogP contribution in [0.2, 0.25) is 0 Å². The Hall–Kier alpha value is -3.67. The van der Waals surface area contributed by atoms with E-state index in [0.29, 0.717) is 13.0 Å². The fraction of sp³-hybridized carbons (Fsp3) is 0.208. The maximum absolute atomic E-state index is 11.0. The number of furan rings is 2. The van der Waals surface area contributed by atoms with E-state index in [2.05, 4.69) is 0 Å². The maximum atomic E-state index is 11.0. The lowest BCUT2D eigenvalue weighted by Crippen LogP contribution is -1.99. The molecular formula is C24H24O6. The Labute approximate surface area is 174 Å². The molecule has 2 bridgehead atoms. The highest BCUT2D eigenvalue weighted by atomic mass is 16.5. The lowest BCUT2D eigenvalue weighted by molar-refractivity contribution is 0.0693. The normalized spacial score (nSPS) is 10.5. The molecule has 0 amide bonds. The molecule has 4 rings (SSSR count). The van der Waals surface area contributed by atoms with Gasteiger partial charge >= 0.3 is 5.97 Å². The zero-order chi connectivity index (χ0) is 21.5. The number of benzene rings is 3. The molecule has 0 saturated heterocycles. The number of aromatic hydroxyl groups is 1. The number of fused-ring (bicyclic) bond motifs is 2. The molecule has 0 spiro atoms. The van der Waals surface area contributed by atoms with E-state index in [1.807, 2.05) is 49.4 Å². The molecule has 6 nitrogen and oxygen atoms in total. The van der Waals surface area contributed by atoms with Crippen LogP contribution in [0.25, 0.3) is 11.2 Å². The molecule has 4 aromatic rings. The van der Waals surface area contributed by atoms with Gasteiger partial charge in [-0.2, -0.15) is 0 Å². The summed E-state index contributed by atoms with van der Waals surface area (Å²) in [5.74, 6) is 0.356. The first-order valence-electron chi connectivity index (χ1n) is 9.63. The summed E-state index contributed by atoms with van der Waals surface area (Å²) in [5, 5.41) is 18.5. The molecule has 2 heterocycles. The van der Waals surface area contributed by atoms with Gasteiger partial charge in [0.25, 0.3) is 0 Å². The van der Waals surface area contributed by atoms with Crippen molar-refractivity contribution < 1.29 is 28.9 Å². The molecule has 2 aromatic carbocycles. The standard InChI is InChI=1S/C17H18O4.C7H6O2/c1-2-21-14-8-5-12(6-9-14)3-4-13-7-10-16(18)15(11-13)17(19)20;1-8-7-4-5-2-3-6(7)9-5/h5-11,18H,2-4H2,1H3,(H,19,20);2-4H,1H3. The van der Waals surface area contributed by atoms with Gasteiger partial charge in [-0.1, -0.05) is 18.2 Å². The Morgan fingerprint density at radius 1 is 0.967 bits per heavy atom. The van der Waals surface area contributed by atoms with Gasteiger partial charge in [0, 0.05) is 6.07 Å². The van der Waals surface area contributed by atoms with Crippen molar-refractivity contribution in [1.29, 1.82) is 0 Å². The van der Waals surface area contributed by atoms with E-state index in [9.17, 15) is 9.90 Å². The highest BCUT2D eigenvalue weighted by Crippen LogP contribution is 2.28. The Morgan fingerprint density at radius 3 is 2.20 bits per heavy atom. The van der Waals surface area contributed by atoms with Crippen LogP contribution in [-0.4, -0.2) is 29.9 Å². The van der Waals surface area contributed by atoms with E-state index in [1.54, 1.807) is 13.2 Å². The number of aromatic carboxylic acids is 1. The highest BCUT2D eigenvalue weighted by molar-refractivity contribution is 5.90. The SMILES string of the molecule is CCOc1ccc(CCc2ccc(O)c(C(=O)O)c2)cc1.COc1cc2ccc1o2. The van der Waals surface area contributed by atoms with Crippen LogP contribution in [-0.2, 0) is 12.8 Å². The van der Waals surface area contributed by atoms with E-state index in [4.69, 9.17) is 19.0 Å². The fourth-order valence-electron chi connectivity index (χ4n) is 3.04. The maximum Gasteiger partial charge on any atom is 0.339 e. The minimum atomic E-state index is -1.12. The second-order valence-corrected chi connectivity index (χ2v) is 6.65. The van der Waals surface area contributed by atoms with Crippen molar-refractivity contribution in [3.63, 3.8) is 0 Å². The van der Waals surface area contributed by atoms with Gasteiger partial charge in [0.2, 0.25) is 0 Å². The van der Waals surface area contributed by atoms with Crippen molar-refractivity contribution in [2.45, 2.75) is 19.8 Å². The quantitative estimate of drug-likeness (QED) is 0.439.